The van der Waals surface area contributed by atoms with E-state index >= 15 is 0 Å². The zero-order chi connectivity index (χ0) is 16.6. The zero-order valence-corrected chi connectivity index (χ0v) is 13.6. The second kappa shape index (κ2) is 6.02. The number of nitrogens with one attached hydrogen (secondary N) is 1. The first kappa shape index (κ1) is 16.1. The lowest BCUT2D eigenvalue weighted by atomic mass is 10.1. The molecule has 122 valence electrons. The van der Waals surface area contributed by atoms with Crippen molar-refractivity contribution in [2.24, 2.45) is 5.92 Å². The summed E-state index contributed by atoms with van der Waals surface area (Å²) in [7, 11) is 0. The maximum atomic E-state index is 12.2. The van der Waals surface area contributed by atoms with Crippen molar-refractivity contribution in [1.29, 1.82) is 0 Å². The predicted octanol–water partition coefficient (Wildman–Crippen LogP) is 2.09. The van der Waals surface area contributed by atoms with Crippen LogP contribution >= 0.6 is 23.2 Å². The number of urea groups is 1. The smallest absolute Gasteiger partial charge is 0.338 e. The minimum atomic E-state index is -0.806. The standard InChI is InChI=1S/C15H14Cl2N2O4/c16-15(17)5-10(15)8-23-13(21)11-4-2-1-3-9(11)7-19-12(20)6-18-14(19)22/h1-4,10H,5-8H2,(H,18,22). The second-order valence-electron chi connectivity index (χ2n) is 5.56. The van der Waals surface area contributed by atoms with E-state index in [1.54, 1.807) is 24.3 Å². The first-order chi connectivity index (χ1) is 10.9. The van der Waals surface area contributed by atoms with Crippen LogP contribution in [0.5, 0.6) is 0 Å². The number of esters is 1. The molecule has 1 saturated heterocycles. The highest BCUT2D eigenvalue weighted by molar-refractivity contribution is 6.50. The van der Waals surface area contributed by atoms with Gasteiger partial charge < -0.3 is 10.1 Å². The van der Waals surface area contributed by atoms with Gasteiger partial charge in [0.05, 0.1) is 25.3 Å². The highest BCUT2D eigenvalue weighted by Crippen LogP contribution is 2.53. The summed E-state index contributed by atoms with van der Waals surface area (Å²) in [6, 6.07) is 6.23. The van der Waals surface area contributed by atoms with Crippen molar-refractivity contribution in [1.82, 2.24) is 10.2 Å². The van der Waals surface area contributed by atoms with E-state index in [0.29, 0.717) is 17.5 Å². The molecule has 2 fully saturated rings. The van der Waals surface area contributed by atoms with Crippen molar-refractivity contribution in [3.05, 3.63) is 35.4 Å². The maximum absolute atomic E-state index is 12.2. The lowest BCUT2D eigenvalue weighted by molar-refractivity contribution is -0.125. The summed E-state index contributed by atoms with van der Waals surface area (Å²) < 4.78 is 4.43. The Kier molecular flexibility index (Phi) is 4.21. The third kappa shape index (κ3) is 3.43. The van der Waals surface area contributed by atoms with Crippen LogP contribution in [-0.2, 0) is 16.1 Å². The number of carbonyl (C=O) groups is 3. The van der Waals surface area contributed by atoms with Gasteiger partial charge in [0.25, 0.3) is 0 Å². The molecule has 2 aliphatic rings. The van der Waals surface area contributed by atoms with Gasteiger partial charge in [0.1, 0.15) is 4.33 Å². The molecule has 0 radical (unpaired) electrons. The molecule has 3 rings (SSSR count). The number of ether oxygens (including phenoxy) is 1. The van der Waals surface area contributed by atoms with Gasteiger partial charge in [0.15, 0.2) is 0 Å². The number of halogens is 2. The SMILES string of the molecule is O=C(OCC1CC1(Cl)Cl)c1ccccc1CN1C(=O)CNC1=O. The lowest BCUT2D eigenvalue weighted by Crippen LogP contribution is -2.31. The van der Waals surface area contributed by atoms with Crippen molar-refractivity contribution >= 4 is 41.1 Å². The molecule has 0 aromatic heterocycles. The number of imide groups is 1. The van der Waals surface area contributed by atoms with Crippen LogP contribution in [0.4, 0.5) is 4.79 Å². The molecule has 1 N–H and O–H groups in total. The molecule has 1 atom stereocenters. The fourth-order valence-electron chi connectivity index (χ4n) is 2.35. The second-order valence-corrected chi connectivity index (χ2v) is 7.10. The Morgan fingerprint density at radius 3 is 2.65 bits per heavy atom. The summed E-state index contributed by atoms with van der Waals surface area (Å²) in [5.74, 6) is -0.915. The molecular weight excluding hydrogens is 343 g/mol. The Balaban J connectivity index is 1.69. The van der Waals surface area contributed by atoms with Crippen molar-refractivity contribution in [3.63, 3.8) is 0 Å². The Labute approximate surface area is 142 Å². The summed E-state index contributed by atoms with van der Waals surface area (Å²) in [6.07, 6.45) is 0.591. The molecule has 1 saturated carbocycles. The summed E-state index contributed by atoms with van der Waals surface area (Å²) >= 11 is 11.8. The zero-order valence-electron chi connectivity index (χ0n) is 12.1. The van der Waals surface area contributed by atoms with Crippen LogP contribution in [0.15, 0.2) is 24.3 Å². The van der Waals surface area contributed by atoms with E-state index in [4.69, 9.17) is 27.9 Å². The van der Waals surface area contributed by atoms with Crippen LogP contribution in [0.2, 0.25) is 0 Å². The highest BCUT2D eigenvalue weighted by Gasteiger charge is 2.52. The predicted molar refractivity (Wildman–Crippen MR) is 83.2 cm³/mol. The first-order valence-electron chi connectivity index (χ1n) is 7.09. The number of rotatable bonds is 5. The number of nitrogens with zero attached hydrogens (tertiary/aromatic N) is 1. The van der Waals surface area contributed by atoms with E-state index < -0.39 is 16.3 Å². The molecule has 0 spiro atoms. The third-order valence-corrected chi connectivity index (χ3v) is 4.80. The van der Waals surface area contributed by atoms with E-state index in [0.717, 1.165) is 4.90 Å². The van der Waals surface area contributed by atoms with Gasteiger partial charge in [-0.2, -0.15) is 0 Å². The summed E-state index contributed by atoms with van der Waals surface area (Å²) in [6.45, 7) is 0.137. The van der Waals surface area contributed by atoms with Crippen molar-refractivity contribution in [2.45, 2.75) is 17.3 Å². The Bertz CT molecular complexity index is 661. The van der Waals surface area contributed by atoms with Crippen LogP contribution in [0, 0.1) is 5.92 Å². The largest absolute Gasteiger partial charge is 0.462 e. The fraction of sp³-hybridized carbons (Fsp3) is 0.400. The van der Waals surface area contributed by atoms with E-state index in [9.17, 15) is 14.4 Å². The molecule has 1 aliphatic heterocycles. The van der Waals surface area contributed by atoms with Gasteiger partial charge in [-0.05, 0) is 18.1 Å². The summed E-state index contributed by atoms with van der Waals surface area (Å²) in [5.41, 5.74) is 0.858. The molecular formula is C15H14Cl2N2O4. The van der Waals surface area contributed by atoms with Gasteiger partial charge in [-0.1, -0.05) is 18.2 Å². The van der Waals surface area contributed by atoms with Gasteiger partial charge in [-0.15, -0.1) is 23.2 Å². The molecule has 3 amide bonds. The van der Waals surface area contributed by atoms with Gasteiger partial charge in [-0.3, -0.25) is 9.69 Å². The topological polar surface area (TPSA) is 75.7 Å². The molecule has 1 heterocycles. The molecule has 1 aromatic rings. The number of carbonyl (C=O) groups excluding carboxylic acids is 3. The number of hydrogen-bond acceptors (Lipinski definition) is 4. The molecule has 0 bridgehead atoms. The van der Waals surface area contributed by atoms with E-state index in [1.165, 1.54) is 0 Å². The Morgan fingerprint density at radius 2 is 2.04 bits per heavy atom. The normalized spacial score (nSPS) is 22.0. The van der Waals surface area contributed by atoms with Crippen LogP contribution in [0.25, 0.3) is 0 Å². The average Bonchev–Trinajstić information content (AvgIpc) is 3.02. The summed E-state index contributed by atoms with van der Waals surface area (Å²) in [4.78, 5) is 36.6. The minimum Gasteiger partial charge on any atom is -0.462 e. The van der Waals surface area contributed by atoms with E-state index in [1.807, 2.05) is 0 Å². The number of alkyl halides is 2. The Hall–Kier alpha value is -1.79. The van der Waals surface area contributed by atoms with Crippen molar-refractivity contribution in [2.75, 3.05) is 13.2 Å². The molecule has 8 heteroatoms. The minimum absolute atomic E-state index is 0.0221. The molecule has 1 aliphatic carbocycles. The molecule has 6 nitrogen and oxygen atoms in total. The monoisotopic (exact) mass is 356 g/mol. The molecule has 23 heavy (non-hydrogen) atoms. The molecule has 1 unspecified atom stereocenters. The molecule has 1 aromatic carbocycles. The van der Waals surface area contributed by atoms with Crippen molar-refractivity contribution < 1.29 is 19.1 Å². The van der Waals surface area contributed by atoms with Crippen molar-refractivity contribution in [3.8, 4) is 0 Å². The lowest BCUT2D eigenvalue weighted by Gasteiger charge is -2.15. The maximum Gasteiger partial charge on any atom is 0.338 e. The van der Waals surface area contributed by atoms with Crippen LogP contribution in [0.1, 0.15) is 22.3 Å². The number of benzene rings is 1. The first-order valence-corrected chi connectivity index (χ1v) is 7.85. The van der Waals surface area contributed by atoms with Gasteiger partial charge in [0, 0.05) is 5.92 Å². The van der Waals surface area contributed by atoms with Gasteiger partial charge in [-0.25, -0.2) is 9.59 Å². The van der Waals surface area contributed by atoms with E-state index in [-0.39, 0.29) is 31.5 Å². The van der Waals surface area contributed by atoms with Gasteiger partial charge >= 0.3 is 12.0 Å². The fourth-order valence-corrected chi connectivity index (χ4v) is 2.85. The van der Waals surface area contributed by atoms with Crippen LogP contribution < -0.4 is 5.32 Å². The van der Waals surface area contributed by atoms with E-state index in [2.05, 4.69) is 5.32 Å². The van der Waals surface area contributed by atoms with Gasteiger partial charge in [0.2, 0.25) is 5.91 Å². The van der Waals surface area contributed by atoms with Crippen LogP contribution in [-0.4, -0.2) is 40.3 Å². The quantitative estimate of drug-likeness (QED) is 0.497. The Morgan fingerprint density at radius 1 is 1.35 bits per heavy atom. The summed E-state index contributed by atoms with van der Waals surface area (Å²) in [5, 5.41) is 2.44. The number of amides is 3. The number of hydrogen-bond donors (Lipinski definition) is 1. The van der Waals surface area contributed by atoms with Crippen LogP contribution in [0.3, 0.4) is 0 Å². The third-order valence-electron chi connectivity index (χ3n) is 3.87. The highest BCUT2D eigenvalue weighted by atomic mass is 35.5. The average molecular weight is 357 g/mol.